The highest BCUT2D eigenvalue weighted by molar-refractivity contribution is 6.02. The normalized spacial score (nSPS) is 9.62. The number of alkyl carbamates (subject to hydrolysis) is 1. The van der Waals surface area contributed by atoms with Crippen LogP contribution in [-0.2, 0) is 14.3 Å². The van der Waals surface area contributed by atoms with Gasteiger partial charge in [0.1, 0.15) is 6.54 Å². The number of amides is 2. The Hall–Kier alpha value is -2.57. The number of rotatable bonds is 6. The van der Waals surface area contributed by atoms with Crippen molar-refractivity contribution in [1.82, 2.24) is 5.32 Å². The van der Waals surface area contributed by atoms with Crippen molar-refractivity contribution in [1.29, 1.82) is 0 Å². The average Bonchev–Trinajstić information content (AvgIpc) is 2.46. The zero-order valence-corrected chi connectivity index (χ0v) is 12.0. The minimum atomic E-state index is -0.675. The lowest BCUT2D eigenvalue weighted by Crippen LogP contribution is -2.33. The van der Waals surface area contributed by atoms with Crippen molar-refractivity contribution < 1.29 is 23.9 Å². The largest absolute Gasteiger partial charge is 0.462 e. The van der Waals surface area contributed by atoms with Crippen LogP contribution in [0.4, 0.5) is 10.5 Å². The summed E-state index contributed by atoms with van der Waals surface area (Å²) in [6.07, 6.45) is -0.675. The Morgan fingerprint density at radius 2 is 1.71 bits per heavy atom. The Labute approximate surface area is 122 Å². The molecule has 0 aliphatic heterocycles. The van der Waals surface area contributed by atoms with Crippen molar-refractivity contribution >= 4 is 23.7 Å². The Morgan fingerprint density at radius 3 is 2.38 bits per heavy atom. The summed E-state index contributed by atoms with van der Waals surface area (Å²) >= 11 is 0. The number of benzene rings is 1. The van der Waals surface area contributed by atoms with Gasteiger partial charge in [-0.05, 0) is 26.0 Å². The van der Waals surface area contributed by atoms with Crippen LogP contribution in [0.5, 0.6) is 0 Å². The maximum Gasteiger partial charge on any atom is 0.407 e. The number of esters is 1. The number of ether oxygens (including phenoxy) is 2. The molecule has 0 atom stereocenters. The van der Waals surface area contributed by atoms with Gasteiger partial charge in [-0.25, -0.2) is 9.59 Å². The summed E-state index contributed by atoms with van der Waals surface area (Å²) in [5.41, 5.74) is 0.579. The molecule has 7 nitrogen and oxygen atoms in total. The zero-order chi connectivity index (χ0) is 15.7. The molecule has 2 amide bonds. The summed E-state index contributed by atoms with van der Waals surface area (Å²) in [5, 5.41) is 4.83. The molecule has 1 aromatic carbocycles. The van der Waals surface area contributed by atoms with Crippen LogP contribution >= 0.6 is 0 Å². The summed E-state index contributed by atoms with van der Waals surface area (Å²) < 4.78 is 9.53. The van der Waals surface area contributed by atoms with E-state index in [0.717, 1.165) is 0 Å². The number of hydrogen-bond donors (Lipinski definition) is 2. The first kappa shape index (κ1) is 16.5. The molecule has 0 aromatic heterocycles. The molecule has 0 aliphatic carbocycles. The second-order valence-corrected chi connectivity index (χ2v) is 3.89. The Kier molecular flexibility index (Phi) is 6.73. The molecule has 0 fully saturated rings. The van der Waals surface area contributed by atoms with E-state index in [1.807, 2.05) is 0 Å². The highest BCUT2D eigenvalue weighted by atomic mass is 16.5. The predicted octanol–water partition coefficient (Wildman–Crippen LogP) is 1.55. The molecule has 0 unspecified atom stereocenters. The molecule has 0 saturated heterocycles. The Bertz CT molecular complexity index is 516. The SMILES string of the molecule is CCOC(=O)NCC(=O)Nc1ccccc1C(=O)OCC. The first-order valence-corrected chi connectivity index (χ1v) is 6.55. The molecule has 0 bridgehead atoms. The molecule has 21 heavy (non-hydrogen) atoms. The number of nitrogens with one attached hydrogen (secondary N) is 2. The molecule has 0 aliphatic rings. The second kappa shape index (κ2) is 8.57. The van der Waals surface area contributed by atoms with Crippen LogP contribution in [0.3, 0.4) is 0 Å². The van der Waals surface area contributed by atoms with Crippen molar-refractivity contribution in [2.75, 3.05) is 25.1 Å². The molecule has 2 N–H and O–H groups in total. The third-order valence-corrected chi connectivity index (χ3v) is 2.37. The van der Waals surface area contributed by atoms with E-state index >= 15 is 0 Å². The van der Waals surface area contributed by atoms with E-state index in [-0.39, 0.29) is 25.3 Å². The fraction of sp³-hybridized carbons (Fsp3) is 0.357. The lowest BCUT2D eigenvalue weighted by atomic mass is 10.2. The van der Waals surface area contributed by atoms with Crippen molar-refractivity contribution in [3.05, 3.63) is 29.8 Å². The highest BCUT2D eigenvalue weighted by Crippen LogP contribution is 2.15. The lowest BCUT2D eigenvalue weighted by Gasteiger charge is -2.10. The molecule has 1 rings (SSSR count). The summed E-state index contributed by atoms with van der Waals surface area (Å²) in [7, 11) is 0. The van der Waals surface area contributed by atoms with Gasteiger partial charge in [-0.15, -0.1) is 0 Å². The van der Waals surface area contributed by atoms with E-state index in [0.29, 0.717) is 5.69 Å². The second-order valence-electron chi connectivity index (χ2n) is 3.89. The molecule has 1 aromatic rings. The molecular weight excluding hydrogens is 276 g/mol. The molecular formula is C14H18N2O5. The average molecular weight is 294 g/mol. The summed E-state index contributed by atoms with van der Waals surface area (Å²) in [5.74, 6) is -0.994. The van der Waals surface area contributed by atoms with Gasteiger partial charge < -0.3 is 20.1 Å². The van der Waals surface area contributed by atoms with E-state index in [1.165, 1.54) is 0 Å². The van der Waals surface area contributed by atoms with Crippen molar-refractivity contribution in [3.63, 3.8) is 0 Å². The maximum absolute atomic E-state index is 11.7. The third kappa shape index (κ3) is 5.52. The van der Waals surface area contributed by atoms with Crippen LogP contribution in [0.25, 0.3) is 0 Å². The number of carbonyl (C=O) groups excluding carboxylic acids is 3. The van der Waals surface area contributed by atoms with Gasteiger partial charge in [-0.1, -0.05) is 12.1 Å². The fourth-order valence-corrected chi connectivity index (χ4v) is 1.51. The molecule has 114 valence electrons. The summed E-state index contributed by atoms with van der Waals surface area (Å²) in [6, 6.07) is 6.47. The summed E-state index contributed by atoms with van der Waals surface area (Å²) in [4.78, 5) is 34.5. The van der Waals surface area contributed by atoms with Crippen LogP contribution in [-0.4, -0.2) is 37.7 Å². The first-order valence-electron chi connectivity index (χ1n) is 6.55. The Balaban J connectivity index is 2.64. The quantitative estimate of drug-likeness (QED) is 0.776. The smallest absolute Gasteiger partial charge is 0.407 e. The van der Waals surface area contributed by atoms with Gasteiger partial charge in [0.2, 0.25) is 5.91 Å². The van der Waals surface area contributed by atoms with E-state index in [4.69, 9.17) is 4.74 Å². The lowest BCUT2D eigenvalue weighted by molar-refractivity contribution is -0.115. The molecule has 0 saturated carbocycles. The minimum Gasteiger partial charge on any atom is -0.462 e. The number of anilines is 1. The molecule has 7 heteroatoms. The van der Waals surface area contributed by atoms with Crippen LogP contribution in [0.2, 0.25) is 0 Å². The summed E-state index contributed by atoms with van der Waals surface area (Å²) in [6.45, 7) is 3.57. The standard InChI is InChI=1S/C14H18N2O5/c1-3-20-13(18)10-7-5-6-8-11(10)16-12(17)9-15-14(19)21-4-2/h5-8H,3-4,9H2,1-2H3,(H,15,19)(H,16,17). The first-order chi connectivity index (χ1) is 10.1. The van der Waals surface area contributed by atoms with E-state index in [2.05, 4.69) is 15.4 Å². The molecule has 0 radical (unpaired) electrons. The third-order valence-electron chi connectivity index (χ3n) is 2.37. The van der Waals surface area contributed by atoms with Crippen LogP contribution in [0.15, 0.2) is 24.3 Å². The van der Waals surface area contributed by atoms with Gasteiger partial charge in [0.15, 0.2) is 0 Å². The van der Waals surface area contributed by atoms with Crippen molar-refractivity contribution in [2.24, 2.45) is 0 Å². The van der Waals surface area contributed by atoms with Crippen molar-refractivity contribution in [2.45, 2.75) is 13.8 Å². The zero-order valence-electron chi connectivity index (χ0n) is 12.0. The number of carbonyl (C=O) groups is 3. The monoisotopic (exact) mass is 294 g/mol. The maximum atomic E-state index is 11.7. The molecule has 0 heterocycles. The van der Waals surface area contributed by atoms with E-state index < -0.39 is 18.0 Å². The van der Waals surface area contributed by atoms with Gasteiger partial charge in [-0.3, -0.25) is 4.79 Å². The number of para-hydroxylation sites is 1. The van der Waals surface area contributed by atoms with Gasteiger partial charge in [-0.2, -0.15) is 0 Å². The van der Waals surface area contributed by atoms with Crippen molar-refractivity contribution in [3.8, 4) is 0 Å². The van der Waals surface area contributed by atoms with E-state index in [1.54, 1.807) is 38.1 Å². The predicted molar refractivity (Wildman–Crippen MR) is 76.1 cm³/mol. The van der Waals surface area contributed by atoms with Gasteiger partial charge in [0, 0.05) is 0 Å². The van der Waals surface area contributed by atoms with Gasteiger partial charge >= 0.3 is 12.1 Å². The number of hydrogen-bond acceptors (Lipinski definition) is 5. The molecule has 0 spiro atoms. The van der Waals surface area contributed by atoms with Crippen LogP contribution < -0.4 is 10.6 Å². The van der Waals surface area contributed by atoms with Crippen LogP contribution in [0.1, 0.15) is 24.2 Å². The van der Waals surface area contributed by atoms with E-state index in [9.17, 15) is 14.4 Å². The highest BCUT2D eigenvalue weighted by Gasteiger charge is 2.14. The van der Waals surface area contributed by atoms with Crippen LogP contribution in [0, 0.1) is 0 Å². The van der Waals surface area contributed by atoms with Gasteiger partial charge in [0.05, 0.1) is 24.5 Å². The topological polar surface area (TPSA) is 93.7 Å². The minimum absolute atomic E-state index is 0.221. The van der Waals surface area contributed by atoms with Gasteiger partial charge in [0.25, 0.3) is 0 Å². The fourth-order valence-electron chi connectivity index (χ4n) is 1.51. The Morgan fingerprint density at radius 1 is 1.05 bits per heavy atom.